The lowest BCUT2D eigenvalue weighted by molar-refractivity contribution is -0.255. The van der Waals surface area contributed by atoms with Crippen molar-refractivity contribution < 1.29 is 61.5 Å². The number of ether oxygens (including phenoxy) is 7. The number of benzene rings is 1. The van der Waals surface area contributed by atoms with E-state index in [1.807, 2.05) is 0 Å². The number of aromatic nitrogens is 1. The highest BCUT2D eigenvalue weighted by molar-refractivity contribution is 7.07. The molecule has 5 atom stereocenters. The van der Waals surface area contributed by atoms with Gasteiger partial charge in [-0.25, -0.2) is 9.78 Å². The summed E-state index contributed by atoms with van der Waals surface area (Å²) in [7, 11) is 0. The molecule has 1 aliphatic rings. The molecule has 3 heterocycles. The highest BCUT2D eigenvalue weighted by Gasteiger charge is 2.52. The number of hydrogen-bond donors (Lipinski definition) is 0. The average molecular weight is 662 g/mol. The first-order chi connectivity index (χ1) is 21.9. The van der Waals surface area contributed by atoms with Crippen molar-refractivity contribution in [3.63, 3.8) is 0 Å². The number of hydrogen-bond acceptors (Lipinski definition) is 16. The first-order valence-electron chi connectivity index (χ1n) is 14.0. The highest BCUT2D eigenvalue weighted by Crippen LogP contribution is 2.31. The van der Waals surface area contributed by atoms with E-state index in [-0.39, 0.29) is 47.0 Å². The van der Waals surface area contributed by atoms with E-state index in [9.17, 15) is 28.8 Å². The molecule has 1 aromatic carbocycles. The van der Waals surface area contributed by atoms with Gasteiger partial charge in [0.2, 0.25) is 11.2 Å². The first-order valence-corrected chi connectivity index (χ1v) is 14.9. The van der Waals surface area contributed by atoms with Gasteiger partial charge in [-0.3, -0.25) is 24.0 Å². The Morgan fingerprint density at radius 2 is 1.48 bits per heavy atom. The molecule has 1 fully saturated rings. The molecule has 0 amide bonds. The van der Waals surface area contributed by atoms with Crippen molar-refractivity contribution in [3.05, 3.63) is 45.1 Å². The van der Waals surface area contributed by atoms with Gasteiger partial charge in [-0.2, -0.15) is 0 Å². The largest absolute Gasteiger partial charge is 0.491 e. The van der Waals surface area contributed by atoms with Crippen LogP contribution in [0.2, 0.25) is 0 Å². The molecule has 246 valence electrons. The molecule has 0 saturated carbocycles. The molecular weight excluding hydrogens is 630 g/mol. The van der Waals surface area contributed by atoms with E-state index in [0.717, 1.165) is 20.8 Å². The molecule has 3 aromatic rings. The standard InChI is InChI=1S/C30H31NO14S/c1-6-38-30(37)28-24(20-12-46-13-31-20)25(36)19-8-7-18(9-21(19)45-28)40-11-23-27(42-16(4)34)29(43-17(5)35)26(41-15(3)33)22(44-23)10-39-14(2)32/h7-9,12-13,22-23,26-27,29H,6,10-11H2,1-5H3/t22-,23+,26+,27+,29+/m0/s1. The van der Waals surface area contributed by atoms with Crippen molar-refractivity contribution in [2.45, 2.75) is 65.1 Å². The summed E-state index contributed by atoms with van der Waals surface area (Å²) < 4.78 is 44.3. The maximum absolute atomic E-state index is 13.5. The summed E-state index contributed by atoms with van der Waals surface area (Å²) in [5.41, 5.74) is 1.22. The Hall–Kier alpha value is -4.83. The molecule has 15 nitrogen and oxygen atoms in total. The fraction of sp³-hybridized carbons (Fsp3) is 0.433. The Labute approximate surface area is 265 Å². The van der Waals surface area contributed by atoms with Crippen molar-refractivity contribution in [1.82, 2.24) is 4.98 Å². The zero-order chi connectivity index (χ0) is 33.5. The number of nitrogens with zero attached hydrogens (tertiary/aromatic N) is 1. The summed E-state index contributed by atoms with van der Waals surface area (Å²) >= 11 is 1.24. The molecule has 0 bridgehead atoms. The molecule has 46 heavy (non-hydrogen) atoms. The minimum Gasteiger partial charge on any atom is -0.491 e. The summed E-state index contributed by atoms with van der Waals surface area (Å²) in [4.78, 5) is 78.1. The molecule has 0 spiro atoms. The Morgan fingerprint density at radius 3 is 2.04 bits per heavy atom. The summed E-state index contributed by atoms with van der Waals surface area (Å²) in [5.74, 6) is -3.97. The second-order valence-electron chi connectivity index (χ2n) is 9.94. The number of fused-ring (bicyclic) bond motifs is 1. The maximum Gasteiger partial charge on any atom is 0.375 e. The van der Waals surface area contributed by atoms with Crippen molar-refractivity contribution in [1.29, 1.82) is 0 Å². The number of thiazole rings is 1. The summed E-state index contributed by atoms with van der Waals surface area (Å²) in [6.45, 7) is 5.45. The van der Waals surface area contributed by atoms with Crippen LogP contribution in [0.1, 0.15) is 45.2 Å². The van der Waals surface area contributed by atoms with Gasteiger partial charge in [0.05, 0.1) is 28.8 Å². The van der Waals surface area contributed by atoms with Crippen LogP contribution in [-0.2, 0) is 47.6 Å². The van der Waals surface area contributed by atoms with E-state index < -0.39 is 72.4 Å². The van der Waals surface area contributed by atoms with Crippen LogP contribution >= 0.6 is 11.3 Å². The zero-order valence-corrected chi connectivity index (χ0v) is 26.3. The molecule has 0 aliphatic carbocycles. The minimum atomic E-state index is -1.36. The monoisotopic (exact) mass is 661 g/mol. The molecule has 1 saturated heterocycles. The van der Waals surface area contributed by atoms with Crippen LogP contribution < -0.4 is 10.2 Å². The van der Waals surface area contributed by atoms with E-state index in [0.29, 0.717) is 0 Å². The quantitative estimate of drug-likeness (QED) is 0.215. The summed E-state index contributed by atoms with van der Waals surface area (Å²) in [6, 6.07) is 4.28. The van der Waals surface area contributed by atoms with Crippen LogP contribution in [0.15, 0.2) is 38.3 Å². The lowest BCUT2D eigenvalue weighted by Crippen LogP contribution is -2.63. The molecule has 0 unspecified atom stereocenters. The maximum atomic E-state index is 13.5. The molecule has 0 N–H and O–H groups in total. The van der Waals surface area contributed by atoms with Crippen molar-refractivity contribution in [2.75, 3.05) is 19.8 Å². The zero-order valence-electron chi connectivity index (χ0n) is 25.5. The van der Waals surface area contributed by atoms with Crippen molar-refractivity contribution >= 4 is 52.2 Å². The SMILES string of the molecule is CCOC(=O)c1oc2cc(OC[C@H]3O[C@@H](COC(C)=O)[C@@H](OC(C)=O)[C@@H](OC(C)=O)[C@@H]3OC(C)=O)ccc2c(=O)c1-c1cscn1. The van der Waals surface area contributed by atoms with Gasteiger partial charge in [-0.1, -0.05) is 0 Å². The van der Waals surface area contributed by atoms with Crippen LogP contribution in [0.25, 0.3) is 22.2 Å². The number of rotatable bonds is 11. The third-order valence-corrected chi connectivity index (χ3v) is 7.10. The second kappa shape index (κ2) is 15.0. The van der Waals surface area contributed by atoms with Gasteiger partial charge in [-0.05, 0) is 19.1 Å². The smallest absolute Gasteiger partial charge is 0.375 e. The van der Waals surface area contributed by atoms with Gasteiger partial charge in [0.25, 0.3) is 0 Å². The van der Waals surface area contributed by atoms with E-state index in [1.165, 1.54) is 42.0 Å². The normalized spacial score (nSPS) is 20.8. The average Bonchev–Trinajstić information content (AvgIpc) is 3.51. The third kappa shape index (κ3) is 8.06. The lowest BCUT2D eigenvalue weighted by atomic mass is 9.94. The van der Waals surface area contributed by atoms with Gasteiger partial charge >= 0.3 is 29.8 Å². The lowest BCUT2D eigenvalue weighted by Gasteiger charge is -2.44. The fourth-order valence-electron chi connectivity index (χ4n) is 4.80. The molecule has 0 radical (unpaired) electrons. The Bertz CT molecular complexity index is 1670. The third-order valence-electron chi connectivity index (χ3n) is 6.51. The van der Waals surface area contributed by atoms with Gasteiger partial charge in [0, 0.05) is 39.1 Å². The molecule has 16 heteroatoms. The molecule has 1 aliphatic heterocycles. The minimum absolute atomic E-state index is 0.00563. The predicted molar refractivity (Wildman–Crippen MR) is 157 cm³/mol. The Morgan fingerprint density at radius 1 is 0.848 bits per heavy atom. The van der Waals surface area contributed by atoms with Crippen LogP contribution in [0.4, 0.5) is 0 Å². The second-order valence-corrected chi connectivity index (χ2v) is 10.7. The summed E-state index contributed by atoms with van der Waals surface area (Å²) in [6.07, 6.45) is -6.30. The van der Waals surface area contributed by atoms with Crippen LogP contribution in [0, 0.1) is 0 Å². The summed E-state index contributed by atoms with van der Waals surface area (Å²) in [5, 5.41) is 1.74. The van der Waals surface area contributed by atoms with E-state index >= 15 is 0 Å². The molecular formula is C30H31NO14S. The molecule has 2 aromatic heterocycles. The van der Waals surface area contributed by atoms with E-state index in [4.69, 9.17) is 37.6 Å². The predicted octanol–water partition coefficient (Wildman–Crippen LogP) is 2.60. The number of carbonyl (C=O) groups excluding carboxylic acids is 5. The van der Waals surface area contributed by atoms with Crippen molar-refractivity contribution in [2.24, 2.45) is 0 Å². The van der Waals surface area contributed by atoms with Gasteiger partial charge in [0.1, 0.15) is 36.8 Å². The van der Waals surface area contributed by atoms with E-state index in [2.05, 4.69) is 4.98 Å². The first kappa shape index (κ1) is 34.1. The number of esters is 5. The number of carbonyl (C=O) groups is 5. The Kier molecular flexibility index (Phi) is 11.1. The van der Waals surface area contributed by atoms with Crippen LogP contribution in [0.3, 0.4) is 0 Å². The van der Waals surface area contributed by atoms with Crippen LogP contribution in [-0.4, -0.2) is 85.2 Å². The van der Waals surface area contributed by atoms with Gasteiger partial charge < -0.3 is 37.6 Å². The highest BCUT2D eigenvalue weighted by atomic mass is 32.1. The van der Waals surface area contributed by atoms with E-state index in [1.54, 1.807) is 12.3 Å². The van der Waals surface area contributed by atoms with Crippen molar-refractivity contribution in [3.8, 4) is 17.0 Å². The van der Waals surface area contributed by atoms with Gasteiger partial charge in [-0.15, -0.1) is 11.3 Å². The van der Waals surface area contributed by atoms with Crippen LogP contribution in [0.5, 0.6) is 5.75 Å². The molecule has 4 rings (SSSR count). The van der Waals surface area contributed by atoms with Gasteiger partial charge in [0.15, 0.2) is 18.3 Å². The Balaban J connectivity index is 1.69. The fourth-order valence-corrected chi connectivity index (χ4v) is 5.35. The topological polar surface area (TPSA) is 193 Å².